The fourth-order valence-corrected chi connectivity index (χ4v) is 11.5. The predicted molar refractivity (Wildman–Crippen MR) is 145 cm³/mol. The molecule has 31 heavy (non-hydrogen) atoms. The van der Waals surface area contributed by atoms with Gasteiger partial charge in [-0.15, -0.1) is 0 Å². The zero-order valence-electron chi connectivity index (χ0n) is 22.5. The van der Waals surface area contributed by atoms with Crippen molar-refractivity contribution in [2.24, 2.45) is 0 Å². The van der Waals surface area contributed by atoms with Crippen LogP contribution in [0.3, 0.4) is 0 Å². The molecule has 1 heteroatoms. The second-order valence-corrected chi connectivity index (χ2v) is 15.2. The molecule has 0 aliphatic heterocycles. The van der Waals surface area contributed by atoms with E-state index in [1.807, 2.05) is 0 Å². The van der Waals surface area contributed by atoms with Gasteiger partial charge in [0.1, 0.15) is 0 Å². The van der Waals surface area contributed by atoms with Crippen LogP contribution in [-0.4, -0.2) is 15.4 Å². The Morgan fingerprint density at radius 3 is 0.774 bits per heavy atom. The van der Waals surface area contributed by atoms with Gasteiger partial charge in [0.2, 0.25) is 0 Å². The molecule has 0 aliphatic carbocycles. The standard InChI is InChI=1S/C30H48Ge/c1-17(2)23-13-25(19(5)6)29(26(14-23)20(7)8)31-30-27(21(9)10)15-24(18(3)4)16-28(30)22(11)12/h13-22H,31H2,1-12H3. The van der Waals surface area contributed by atoms with E-state index in [2.05, 4.69) is 107 Å². The summed E-state index contributed by atoms with van der Waals surface area (Å²) in [4.78, 5) is 0. The number of rotatable bonds is 8. The summed E-state index contributed by atoms with van der Waals surface area (Å²) in [6.45, 7) is 28.5. The minimum absolute atomic E-state index is 0.580. The molecular formula is C30H48Ge. The van der Waals surface area contributed by atoms with Gasteiger partial charge in [-0.2, -0.15) is 0 Å². The van der Waals surface area contributed by atoms with Crippen molar-refractivity contribution in [1.82, 2.24) is 0 Å². The maximum absolute atomic E-state index is 2.55. The van der Waals surface area contributed by atoms with Gasteiger partial charge in [-0.3, -0.25) is 0 Å². The van der Waals surface area contributed by atoms with Crippen molar-refractivity contribution < 1.29 is 0 Å². The van der Waals surface area contributed by atoms with Gasteiger partial charge in [0.15, 0.2) is 0 Å². The molecule has 0 N–H and O–H groups in total. The molecule has 0 nitrogen and oxygen atoms in total. The van der Waals surface area contributed by atoms with Crippen LogP contribution in [0, 0.1) is 0 Å². The fraction of sp³-hybridized carbons (Fsp3) is 0.600. The summed E-state index contributed by atoms with van der Waals surface area (Å²) < 4.78 is 3.53. The summed E-state index contributed by atoms with van der Waals surface area (Å²) in [5.41, 5.74) is 9.56. The molecule has 2 aromatic rings. The molecule has 2 aromatic carbocycles. The van der Waals surface area contributed by atoms with Crippen molar-refractivity contribution in [2.45, 2.75) is 119 Å². The predicted octanol–water partition coefficient (Wildman–Crippen LogP) is 7.55. The average Bonchev–Trinajstić information content (AvgIpc) is 2.66. The molecule has 0 aromatic heterocycles. The molecule has 0 radical (unpaired) electrons. The first kappa shape index (κ1) is 26.2. The molecule has 0 heterocycles. The Balaban J connectivity index is 2.83. The monoisotopic (exact) mass is 482 g/mol. The number of hydrogen-bond acceptors (Lipinski definition) is 0. The summed E-state index contributed by atoms with van der Waals surface area (Å²) in [6.07, 6.45) is 0. The maximum atomic E-state index is 2.55. The molecule has 0 spiro atoms. The van der Waals surface area contributed by atoms with Crippen LogP contribution in [0.1, 0.15) is 152 Å². The molecule has 2 rings (SSSR count). The van der Waals surface area contributed by atoms with Gasteiger partial charge in [0, 0.05) is 0 Å². The molecule has 0 unspecified atom stereocenters. The van der Waals surface area contributed by atoms with Crippen molar-refractivity contribution >= 4 is 24.2 Å². The van der Waals surface area contributed by atoms with Gasteiger partial charge in [-0.05, 0) is 0 Å². The van der Waals surface area contributed by atoms with Crippen LogP contribution < -0.4 is 8.79 Å². The van der Waals surface area contributed by atoms with Gasteiger partial charge < -0.3 is 0 Å². The fourth-order valence-electron chi connectivity index (χ4n) is 4.80. The molecule has 0 fully saturated rings. The van der Waals surface area contributed by atoms with Gasteiger partial charge in [0.25, 0.3) is 0 Å². The van der Waals surface area contributed by atoms with Crippen LogP contribution in [0.5, 0.6) is 0 Å². The second kappa shape index (κ2) is 10.7. The third-order valence-corrected chi connectivity index (χ3v) is 11.8. The third-order valence-electron chi connectivity index (χ3n) is 6.86. The summed E-state index contributed by atoms with van der Waals surface area (Å²) in [5, 5.41) is 0. The van der Waals surface area contributed by atoms with E-state index in [0.29, 0.717) is 35.5 Å². The Morgan fingerprint density at radius 1 is 0.387 bits per heavy atom. The van der Waals surface area contributed by atoms with E-state index in [1.165, 1.54) is 11.1 Å². The number of hydrogen-bond donors (Lipinski definition) is 0. The average molecular weight is 481 g/mol. The van der Waals surface area contributed by atoms with Crippen molar-refractivity contribution in [1.29, 1.82) is 0 Å². The van der Waals surface area contributed by atoms with E-state index < -0.39 is 15.4 Å². The van der Waals surface area contributed by atoms with Crippen molar-refractivity contribution in [3.8, 4) is 0 Å². The normalized spacial score (nSPS) is 12.5. The van der Waals surface area contributed by atoms with Gasteiger partial charge in [-0.1, -0.05) is 0 Å². The Morgan fingerprint density at radius 2 is 0.613 bits per heavy atom. The van der Waals surface area contributed by atoms with E-state index in [0.717, 1.165) is 0 Å². The summed E-state index contributed by atoms with van der Waals surface area (Å²) in [5.74, 6) is 3.49. The van der Waals surface area contributed by atoms with E-state index in [4.69, 9.17) is 0 Å². The van der Waals surface area contributed by atoms with Crippen LogP contribution in [0.25, 0.3) is 0 Å². The van der Waals surface area contributed by atoms with E-state index in [1.54, 1.807) is 31.0 Å². The van der Waals surface area contributed by atoms with Crippen molar-refractivity contribution in [2.75, 3.05) is 0 Å². The molecule has 0 saturated heterocycles. The van der Waals surface area contributed by atoms with Crippen LogP contribution in [0.4, 0.5) is 0 Å². The van der Waals surface area contributed by atoms with E-state index in [9.17, 15) is 0 Å². The topological polar surface area (TPSA) is 0 Å². The summed E-state index contributed by atoms with van der Waals surface area (Å²) in [6, 6.07) is 10.2. The summed E-state index contributed by atoms with van der Waals surface area (Å²) >= 11 is -1.18. The zero-order valence-corrected chi connectivity index (χ0v) is 25.4. The first-order valence-electron chi connectivity index (χ1n) is 12.7. The van der Waals surface area contributed by atoms with Crippen LogP contribution in [0.2, 0.25) is 0 Å². The Hall–Kier alpha value is -1.02. The van der Waals surface area contributed by atoms with E-state index in [-0.39, 0.29) is 0 Å². The quantitative estimate of drug-likeness (QED) is 0.342. The zero-order chi connectivity index (χ0) is 23.6. The van der Waals surface area contributed by atoms with E-state index >= 15 is 0 Å². The Labute approximate surface area is 200 Å². The van der Waals surface area contributed by atoms with Gasteiger partial charge in [-0.25, -0.2) is 0 Å². The molecule has 0 bridgehead atoms. The second-order valence-electron chi connectivity index (χ2n) is 11.5. The Kier molecular flexibility index (Phi) is 9.08. The molecule has 0 atom stereocenters. The molecule has 0 aliphatic rings. The first-order valence-corrected chi connectivity index (χ1v) is 15.6. The van der Waals surface area contributed by atoms with Gasteiger partial charge >= 0.3 is 200 Å². The molecule has 172 valence electrons. The number of benzene rings is 2. The SMILES string of the molecule is CC(C)c1cc(C(C)C)[c]([GeH2][c]2c(C(C)C)cc(C(C)C)cc2C(C)C)c(C(C)C)c1. The van der Waals surface area contributed by atoms with Crippen LogP contribution >= 0.6 is 0 Å². The first-order chi connectivity index (χ1) is 14.3. The summed E-state index contributed by atoms with van der Waals surface area (Å²) in [7, 11) is 0. The van der Waals surface area contributed by atoms with Crippen LogP contribution in [-0.2, 0) is 0 Å². The molecular weight excluding hydrogens is 433 g/mol. The Bertz CT molecular complexity index is 750. The van der Waals surface area contributed by atoms with Crippen molar-refractivity contribution in [3.05, 3.63) is 57.6 Å². The van der Waals surface area contributed by atoms with Crippen molar-refractivity contribution in [3.63, 3.8) is 0 Å². The van der Waals surface area contributed by atoms with Gasteiger partial charge in [0.05, 0.1) is 0 Å². The third kappa shape index (κ3) is 6.07. The molecule has 0 saturated carbocycles. The molecule has 0 amide bonds. The minimum atomic E-state index is -1.18. The van der Waals surface area contributed by atoms with Crippen LogP contribution in [0.15, 0.2) is 24.3 Å².